The number of thiazole rings is 1. The van der Waals surface area contributed by atoms with Crippen LogP contribution in [-0.2, 0) is 23.8 Å². The van der Waals surface area contributed by atoms with Gasteiger partial charge in [0.1, 0.15) is 0 Å². The number of anilines is 3. The molecule has 0 unspecified atom stereocenters. The van der Waals surface area contributed by atoms with Crippen LogP contribution in [0.1, 0.15) is 23.7 Å². The Kier molecular flexibility index (Phi) is 5.99. The van der Waals surface area contributed by atoms with E-state index in [4.69, 9.17) is 0 Å². The van der Waals surface area contributed by atoms with Crippen LogP contribution in [0.15, 0.2) is 53.9 Å². The molecular weight excluding hydrogens is 387 g/mol. The van der Waals surface area contributed by atoms with Crippen molar-refractivity contribution in [1.29, 1.82) is 0 Å². The van der Waals surface area contributed by atoms with Crippen molar-refractivity contribution < 1.29 is 18.0 Å². The zero-order valence-corrected chi connectivity index (χ0v) is 15.8. The van der Waals surface area contributed by atoms with E-state index in [-0.39, 0.29) is 18.0 Å². The van der Waals surface area contributed by atoms with Gasteiger partial charge in [-0.2, -0.15) is 13.2 Å². The first kappa shape index (κ1) is 19.9. The molecule has 2 aromatic carbocycles. The van der Waals surface area contributed by atoms with Crippen LogP contribution in [-0.4, -0.2) is 10.9 Å². The van der Waals surface area contributed by atoms with Gasteiger partial charge in [-0.15, -0.1) is 11.3 Å². The number of amides is 1. The van der Waals surface area contributed by atoms with E-state index >= 15 is 0 Å². The predicted octanol–water partition coefficient (Wildman–Crippen LogP) is 5.65. The maximum absolute atomic E-state index is 12.8. The molecule has 4 nitrogen and oxygen atoms in total. The highest BCUT2D eigenvalue weighted by molar-refractivity contribution is 7.13. The van der Waals surface area contributed by atoms with Gasteiger partial charge in [-0.25, -0.2) is 4.98 Å². The minimum absolute atomic E-state index is 0.0797. The number of aryl methyl sites for hydroxylation is 1. The third-order valence-electron chi connectivity index (χ3n) is 3.98. The van der Waals surface area contributed by atoms with Crippen LogP contribution in [0, 0.1) is 0 Å². The number of carbonyl (C=O) groups is 1. The number of alkyl halides is 3. The van der Waals surface area contributed by atoms with Crippen LogP contribution in [0.5, 0.6) is 0 Å². The minimum atomic E-state index is -4.40. The van der Waals surface area contributed by atoms with Crippen LogP contribution in [0.4, 0.5) is 29.7 Å². The summed E-state index contributed by atoms with van der Waals surface area (Å²) in [6.07, 6.45) is -3.40. The van der Waals surface area contributed by atoms with Crippen LogP contribution >= 0.6 is 11.3 Å². The molecule has 3 rings (SSSR count). The second-order valence-corrected chi connectivity index (χ2v) is 6.98. The van der Waals surface area contributed by atoms with E-state index in [0.717, 1.165) is 18.6 Å². The summed E-state index contributed by atoms with van der Waals surface area (Å²) >= 11 is 1.23. The lowest BCUT2D eigenvalue weighted by atomic mass is 10.1. The highest BCUT2D eigenvalue weighted by Gasteiger charge is 2.30. The average molecular weight is 405 g/mol. The zero-order valence-electron chi connectivity index (χ0n) is 15.0. The third-order valence-corrected chi connectivity index (χ3v) is 4.79. The number of rotatable bonds is 6. The second-order valence-electron chi connectivity index (χ2n) is 6.12. The Morgan fingerprint density at radius 1 is 1.11 bits per heavy atom. The van der Waals surface area contributed by atoms with Crippen molar-refractivity contribution in [2.24, 2.45) is 0 Å². The third kappa shape index (κ3) is 5.32. The summed E-state index contributed by atoms with van der Waals surface area (Å²) in [5, 5.41) is 7.78. The Hall–Kier alpha value is -2.87. The summed E-state index contributed by atoms with van der Waals surface area (Å²) < 4.78 is 38.4. The van der Waals surface area contributed by atoms with Crippen molar-refractivity contribution in [3.8, 4) is 0 Å². The van der Waals surface area contributed by atoms with Crippen molar-refractivity contribution in [2.45, 2.75) is 25.9 Å². The standard InChI is InChI=1S/C20H18F3N3OS/c1-2-13-6-8-15(9-7-13)24-18(27)11-17-12-28-19(26-17)25-16-5-3-4-14(10-16)20(21,22)23/h3-10,12H,2,11H2,1H3,(H,24,27)(H,25,26). The fourth-order valence-electron chi connectivity index (χ4n) is 2.54. The molecule has 0 aliphatic rings. The molecule has 0 radical (unpaired) electrons. The molecule has 2 N–H and O–H groups in total. The molecule has 0 aliphatic carbocycles. The van der Waals surface area contributed by atoms with Crippen LogP contribution in [0.2, 0.25) is 0 Å². The monoisotopic (exact) mass is 405 g/mol. The number of benzene rings is 2. The number of carbonyl (C=O) groups excluding carboxylic acids is 1. The van der Waals surface area contributed by atoms with Gasteiger partial charge in [0.15, 0.2) is 5.13 Å². The molecule has 1 amide bonds. The molecule has 0 saturated heterocycles. The van der Waals surface area contributed by atoms with Gasteiger partial charge in [0.25, 0.3) is 0 Å². The molecule has 0 saturated carbocycles. The van der Waals surface area contributed by atoms with Crippen molar-refractivity contribution in [1.82, 2.24) is 4.98 Å². The molecule has 0 fully saturated rings. The maximum atomic E-state index is 12.8. The van der Waals surface area contributed by atoms with E-state index in [1.165, 1.54) is 29.0 Å². The number of nitrogens with one attached hydrogen (secondary N) is 2. The fraction of sp³-hybridized carbons (Fsp3) is 0.200. The lowest BCUT2D eigenvalue weighted by Gasteiger charge is -2.09. The van der Waals surface area contributed by atoms with Crippen LogP contribution < -0.4 is 10.6 Å². The first-order valence-electron chi connectivity index (χ1n) is 8.61. The first-order chi connectivity index (χ1) is 13.3. The number of halogens is 3. The molecule has 3 aromatic rings. The average Bonchev–Trinajstić information content (AvgIpc) is 3.08. The van der Waals surface area contributed by atoms with Crippen molar-refractivity contribution in [3.05, 3.63) is 70.7 Å². The SMILES string of the molecule is CCc1ccc(NC(=O)Cc2csc(Nc3cccc(C(F)(F)F)c3)n2)cc1. The summed E-state index contributed by atoms with van der Waals surface area (Å²) in [5.74, 6) is -0.208. The molecule has 0 atom stereocenters. The van der Waals surface area contributed by atoms with E-state index in [1.807, 2.05) is 24.3 Å². The molecule has 0 aliphatic heterocycles. The van der Waals surface area contributed by atoms with Crippen molar-refractivity contribution in [3.63, 3.8) is 0 Å². The Bertz CT molecular complexity index is 952. The molecule has 1 heterocycles. The molecule has 0 spiro atoms. The molecular formula is C20H18F3N3OS. The topological polar surface area (TPSA) is 54.0 Å². The Labute approximate surface area is 164 Å². The minimum Gasteiger partial charge on any atom is -0.332 e. The van der Waals surface area contributed by atoms with Gasteiger partial charge < -0.3 is 10.6 Å². The van der Waals surface area contributed by atoms with Gasteiger partial charge in [-0.1, -0.05) is 25.1 Å². The fourth-order valence-corrected chi connectivity index (χ4v) is 3.27. The van der Waals surface area contributed by atoms with Gasteiger partial charge in [0.2, 0.25) is 5.91 Å². The summed E-state index contributed by atoms with van der Waals surface area (Å²) in [6, 6.07) is 12.5. The van der Waals surface area contributed by atoms with E-state index in [2.05, 4.69) is 22.5 Å². The number of aromatic nitrogens is 1. The van der Waals surface area contributed by atoms with Gasteiger partial charge in [0, 0.05) is 16.8 Å². The normalized spacial score (nSPS) is 11.3. The number of hydrogen-bond acceptors (Lipinski definition) is 4. The lowest BCUT2D eigenvalue weighted by molar-refractivity contribution is -0.137. The molecule has 28 heavy (non-hydrogen) atoms. The summed E-state index contributed by atoms with van der Waals surface area (Å²) in [6.45, 7) is 2.06. The Morgan fingerprint density at radius 3 is 2.54 bits per heavy atom. The van der Waals surface area contributed by atoms with Crippen LogP contribution in [0.25, 0.3) is 0 Å². The molecule has 1 aromatic heterocycles. The summed E-state index contributed by atoms with van der Waals surface area (Å²) in [5.41, 5.74) is 1.99. The van der Waals surface area contributed by atoms with Gasteiger partial charge in [-0.05, 0) is 42.3 Å². The summed E-state index contributed by atoms with van der Waals surface area (Å²) in [7, 11) is 0. The first-order valence-corrected chi connectivity index (χ1v) is 9.49. The summed E-state index contributed by atoms with van der Waals surface area (Å²) in [4.78, 5) is 16.4. The van der Waals surface area contributed by atoms with E-state index in [0.29, 0.717) is 16.5 Å². The molecule has 0 bridgehead atoms. The highest BCUT2D eigenvalue weighted by atomic mass is 32.1. The molecule has 8 heteroatoms. The lowest BCUT2D eigenvalue weighted by Crippen LogP contribution is -2.14. The van der Waals surface area contributed by atoms with Gasteiger partial charge >= 0.3 is 6.18 Å². The second kappa shape index (κ2) is 8.43. The smallest absolute Gasteiger partial charge is 0.332 e. The maximum Gasteiger partial charge on any atom is 0.416 e. The van der Waals surface area contributed by atoms with E-state index < -0.39 is 11.7 Å². The number of hydrogen-bond donors (Lipinski definition) is 2. The van der Waals surface area contributed by atoms with E-state index in [9.17, 15) is 18.0 Å². The number of nitrogens with zero attached hydrogens (tertiary/aromatic N) is 1. The van der Waals surface area contributed by atoms with Crippen LogP contribution in [0.3, 0.4) is 0 Å². The molecule has 146 valence electrons. The quantitative estimate of drug-likeness (QED) is 0.557. The van der Waals surface area contributed by atoms with Crippen molar-refractivity contribution >= 4 is 33.8 Å². The zero-order chi connectivity index (χ0) is 20.1. The van der Waals surface area contributed by atoms with E-state index in [1.54, 1.807) is 5.38 Å². The predicted molar refractivity (Wildman–Crippen MR) is 105 cm³/mol. The van der Waals surface area contributed by atoms with Gasteiger partial charge in [-0.3, -0.25) is 4.79 Å². The Balaban J connectivity index is 1.60. The highest BCUT2D eigenvalue weighted by Crippen LogP contribution is 2.31. The van der Waals surface area contributed by atoms with Crippen molar-refractivity contribution in [2.75, 3.05) is 10.6 Å². The van der Waals surface area contributed by atoms with Gasteiger partial charge in [0.05, 0.1) is 17.7 Å². The Morgan fingerprint density at radius 2 is 1.86 bits per heavy atom. The largest absolute Gasteiger partial charge is 0.416 e.